The Hall–Kier alpha value is -3.12. The molecule has 2 N–H and O–H groups in total. The summed E-state index contributed by atoms with van der Waals surface area (Å²) < 4.78 is 27.5. The van der Waals surface area contributed by atoms with Crippen molar-refractivity contribution in [3.05, 3.63) is 101 Å². The molecular formula is C29H32F2N2O2. The molecule has 1 aliphatic rings. The minimum atomic E-state index is -1.11. The van der Waals surface area contributed by atoms with E-state index in [0.29, 0.717) is 23.6 Å². The van der Waals surface area contributed by atoms with E-state index >= 15 is 0 Å². The highest BCUT2D eigenvalue weighted by atomic mass is 19.1. The van der Waals surface area contributed by atoms with Gasteiger partial charge in [-0.15, -0.1) is 0 Å². The van der Waals surface area contributed by atoms with Gasteiger partial charge in [0.2, 0.25) is 5.91 Å². The van der Waals surface area contributed by atoms with Gasteiger partial charge >= 0.3 is 0 Å². The van der Waals surface area contributed by atoms with Crippen LogP contribution in [0.2, 0.25) is 0 Å². The molecule has 0 radical (unpaired) electrons. The van der Waals surface area contributed by atoms with Gasteiger partial charge in [-0.05, 0) is 72.9 Å². The molecule has 35 heavy (non-hydrogen) atoms. The van der Waals surface area contributed by atoms with Gasteiger partial charge in [-0.3, -0.25) is 9.78 Å². The molecule has 2 atom stereocenters. The van der Waals surface area contributed by atoms with Gasteiger partial charge < -0.3 is 10.4 Å². The third-order valence-corrected chi connectivity index (χ3v) is 6.75. The molecule has 1 amide bonds. The lowest BCUT2D eigenvalue weighted by Gasteiger charge is -2.25. The Kier molecular flexibility index (Phi) is 8.59. The average Bonchev–Trinajstić information content (AvgIpc) is 3.35. The van der Waals surface area contributed by atoms with E-state index < -0.39 is 23.8 Å². The second-order valence-electron chi connectivity index (χ2n) is 9.53. The fraction of sp³-hybridized carbons (Fsp3) is 0.379. The number of aryl methyl sites for hydroxylation is 2. The molecule has 0 aliphatic heterocycles. The number of aromatic nitrogens is 1. The maximum atomic E-state index is 13.8. The lowest BCUT2D eigenvalue weighted by Crippen LogP contribution is -2.41. The molecule has 0 saturated heterocycles. The summed E-state index contributed by atoms with van der Waals surface area (Å²) in [7, 11) is 0. The summed E-state index contributed by atoms with van der Waals surface area (Å²) in [5.74, 6) is -1.18. The average molecular weight is 479 g/mol. The van der Waals surface area contributed by atoms with Gasteiger partial charge in [0.25, 0.3) is 0 Å². The van der Waals surface area contributed by atoms with Crippen molar-refractivity contribution in [2.24, 2.45) is 5.92 Å². The minimum absolute atomic E-state index is 0.0870. The number of amides is 1. The normalized spacial score (nSPS) is 15.6. The Morgan fingerprint density at radius 2 is 1.63 bits per heavy atom. The number of nitrogens with zero attached hydrogens (tertiary/aromatic N) is 1. The molecule has 1 saturated carbocycles. The van der Waals surface area contributed by atoms with Gasteiger partial charge in [-0.1, -0.05) is 49.2 Å². The van der Waals surface area contributed by atoms with E-state index in [1.165, 1.54) is 17.7 Å². The molecule has 4 rings (SSSR count). The molecule has 0 bridgehead atoms. The highest BCUT2D eigenvalue weighted by Gasteiger charge is 2.27. The molecule has 1 heterocycles. The van der Waals surface area contributed by atoms with Crippen LogP contribution in [0.25, 0.3) is 0 Å². The Morgan fingerprint density at radius 1 is 0.943 bits per heavy atom. The van der Waals surface area contributed by atoms with Crippen molar-refractivity contribution in [2.75, 3.05) is 0 Å². The molecule has 184 valence electrons. The first kappa shape index (κ1) is 25.0. The fourth-order valence-corrected chi connectivity index (χ4v) is 4.86. The zero-order valence-electron chi connectivity index (χ0n) is 19.8. The predicted octanol–water partition coefficient (Wildman–Crippen LogP) is 5.49. The lowest BCUT2D eigenvalue weighted by atomic mass is 9.97. The molecule has 1 unspecified atom stereocenters. The van der Waals surface area contributed by atoms with Crippen LogP contribution in [0.5, 0.6) is 0 Å². The number of pyridine rings is 1. The van der Waals surface area contributed by atoms with Crippen LogP contribution in [0.4, 0.5) is 8.78 Å². The zero-order valence-corrected chi connectivity index (χ0v) is 19.8. The number of halogens is 2. The summed E-state index contributed by atoms with van der Waals surface area (Å²) in [6.07, 6.45) is 7.13. The van der Waals surface area contributed by atoms with Crippen molar-refractivity contribution in [1.29, 1.82) is 0 Å². The van der Waals surface area contributed by atoms with Crippen molar-refractivity contribution in [2.45, 2.75) is 63.5 Å². The topological polar surface area (TPSA) is 62.2 Å². The number of aliphatic hydroxyl groups is 1. The standard InChI is InChI=1S/C29H32F2N2O2/c30-24-14-23(15-25(31)18-24)16-27(33-28(34)17-21-8-4-5-9-21)29(35)26-13-12-22(19-32-26)11-10-20-6-2-1-3-7-20/h1-3,6-7,12-15,18-19,21,27,29,35H,4-5,8-11,16-17H2,(H,33,34)/t27-,29?/m0/s1. The molecule has 1 aliphatic carbocycles. The maximum Gasteiger partial charge on any atom is 0.220 e. The molecule has 0 spiro atoms. The second-order valence-corrected chi connectivity index (χ2v) is 9.53. The van der Waals surface area contributed by atoms with Gasteiger partial charge in [0.05, 0.1) is 11.7 Å². The highest BCUT2D eigenvalue weighted by Crippen LogP contribution is 2.28. The number of aliphatic hydroxyl groups excluding tert-OH is 1. The second kappa shape index (κ2) is 12.0. The number of rotatable bonds is 10. The largest absolute Gasteiger partial charge is 0.385 e. The maximum absolute atomic E-state index is 13.8. The van der Waals surface area contributed by atoms with E-state index in [1.54, 1.807) is 12.3 Å². The third kappa shape index (κ3) is 7.43. The van der Waals surface area contributed by atoms with Crippen LogP contribution in [-0.2, 0) is 24.1 Å². The summed E-state index contributed by atoms with van der Waals surface area (Å²) in [6.45, 7) is 0. The van der Waals surface area contributed by atoms with Crippen molar-refractivity contribution >= 4 is 5.91 Å². The summed E-state index contributed by atoms with van der Waals surface area (Å²) >= 11 is 0. The van der Waals surface area contributed by atoms with Crippen LogP contribution in [-0.4, -0.2) is 22.0 Å². The summed E-state index contributed by atoms with van der Waals surface area (Å²) in [4.78, 5) is 17.2. The van der Waals surface area contributed by atoms with E-state index in [1.807, 2.05) is 24.3 Å². The van der Waals surface area contributed by atoms with E-state index in [-0.39, 0.29) is 12.3 Å². The first-order chi connectivity index (χ1) is 17.0. The summed E-state index contributed by atoms with van der Waals surface area (Å²) in [6, 6.07) is 16.4. The van der Waals surface area contributed by atoms with Gasteiger partial charge in [-0.25, -0.2) is 8.78 Å². The molecule has 1 fully saturated rings. The molecule has 2 aromatic carbocycles. The number of carbonyl (C=O) groups is 1. The van der Waals surface area contributed by atoms with Crippen molar-refractivity contribution in [3.8, 4) is 0 Å². The Morgan fingerprint density at radius 3 is 2.29 bits per heavy atom. The Balaban J connectivity index is 1.45. The van der Waals surface area contributed by atoms with E-state index in [0.717, 1.165) is 50.2 Å². The Labute approximate surface area is 205 Å². The predicted molar refractivity (Wildman–Crippen MR) is 132 cm³/mol. The van der Waals surface area contributed by atoms with Crippen LogP contribution in [0.1, 0.15) is 60.6 Å². The number of carbonyl (C=O) groups excluding carboxylic acids is 1. The lowest BCUT2D eigenvalue weighted by molar-refractivity contribution is -0.123. The minimum Gasteiger partial charge on any atom is -0.385 e. The van der Waals surface area contributed by atoms with Crippen LogP contribution in [0, 0.1) is 17.6 Å². The summed E-state index contributed by atoms with van der Waals surface area (Å²) in [5.41, 5.74) is 3.06. The van der Waals surface area contributed by atoms with E-state index in [2.05, 4.69) is 22.4 Å². The summed E-state index contributed by atoms with van der Waals surface area (Å²) in [5, 5.41) is 14.0. The number of benzene rings is 2. The van der Waals surface area contributed by atoms with Crippen molar-refractivity contribution in [1.82, 2.24) is 10.3 Å². The number of hydrogen-bond donors (Lipinski definition) is 2. The first-order valence-corrected chi connectivity index (χ1v) is 12.4. The van der Waals surface area contributed by atoms with Crippen molar-refractivity contribution < 1.29 is 18.7 Å². The fourth-order valence-electron chi connectivity index (χ4n) is 4.86. The van der Waals surface area contributed by atoms with Gasteiger partial charge in [0.1, 0.15) is 17.7 Å². The molecule has 6 heteroatoms. The van der Waals surface area contributed by atoms with Crippen LogP contribution in [0.15, 0.2) is 66.9 Å². The van der Waals surface area contributed by atoms with E-state index in [4.69, 9.17) is 0 Å². The number of hydrogen-bond acceptors (Lipinski definition) is 3. The zero-order chi connectivity index (χ0) is 24.6. The smallest absolute Gasteiger partial charge is 0.220 e. The molecular weight excluding hydrogens is 446 g/mol. The van der Waals surface area contributed by atoms with Gasteiger partial charge in [0, 0.05) is 18.7 Å². The number of nitrogens with one attached hydrogen (secondary N) is 1. The van der Waals surface area contributed by atoms with Gasteiger partial charge in [-0.2, -0.15) is 0 Å². The monoisotopic (exact) mass is 478 g/mol. The highest BCUT2D eigenvalue weighted by molar-refractivity contribution is 5.76. The quantitative estimate of drug-likeness (QED) is 0.405. The first-order valence-electron chi connectivity index (χ1n) is 12.4. The van der Waals surface area contributed by atoms with Gasteiger partial charge in [0.15, 0.2) is 0 Å². The molecule has 4 nitrogen and oxygen atoms in total. The third-order valence-electron chi connectivity index (χ3n) is 6.75. The Bertz CT molecular complexity index is 1080. The van der Waals surface area contributed by atoms with Crippen molar-refractivity contribution in [3.63, 3.8) is 0 Å². The van der Waals surface area contributed by atoms with Crippen LogP contribution < -0.4 is 5.32 Å². The van der Waals surface area contributed by atoms with E-state index in [9.17, 15) is 18.7 Å². The van der Waals surface area contributed by atoms with Crippen LogP contribution in [0.3, 0.4) is 0 Å². The van der Waals surface area contributed by atoms with Crippen LogP contribution >= 0.6 is 0 Å². The SMILES string of the molecule is O=C(CC1CCCC1)N[C@@H](Cc1cc(F)cc(F)c1)C(O)c1ccc(CCc2ccccc2)cn1. The molecule has 3 aromatic rings. The molecule has 1 aromatic heterocycles.